The first kappa shape index (κ1) is 26.0. The molecule has 1 atom stereocenters. The SMILES string of the molecule is C[C@@H]1CN(/C(=N/O)NC(=O)C(F)(F)F)CCN1c1ncc(OCc2ccc(S(C)(=O)=O)cc2)cn1. The van der Waals surface area contributed by atoms with Gasteiger partial charge in [0.2, 0.25) is 11.9 Å². The van der Waals surface area contributed by atoms with Gasteiger partial charge in [-0.2, -0.15) is 13.2 Å². The zero-order valence-corrected chi connectivity index (χ0v) is 19.5. The zero-order valence-electron chi connectivity index (χ0n) is 18.7. The molecule has 0 radical (unpaired) electrons. The maximum atomic E-state index is 12.5. The monoisotopic (exact) mass is 516 g/mol. The number of amides is 1. The third-order valence-corrected chi connectivity index (χ3v) is 6.26. The van der Waals surface area contributed by atoms with Crippen molar-refractivity contribution in [3.63, 3.8) is 0 Å². The minimum absolute atomic E-state index is 0.141. The predicted molar refractivity (Wildman–Crippen MR) is 118 cm³/mol. The van der Waals surface area contributed by atoms with Gasteiger partial charge in [0.25, 0.3) is 0 Å². The molecule has 1 saturated heterocycles. The number of nitrogens with zero attached hydrogens (tertiary/aromatic N) is 5. The number of benzene rings is 1. The molecule has 3 rings (SSSR count). The number of oxime groups is 1. The molecule has 0 saturated carbocycles. The van der Waals surface area contributed by atoms with Gasteiger partial charge in [-0.3, -0.25) is 10.1 Å². The number of anilines is 1. The third kappa shape index (κ3) is 6.71. The van der Waals surface area contributed by atoms with Crippen LogP contribution in [-0.4, -0.2) is 78.5 Å². The van der Waals surface area contributed by atoms with Gasteiger partial charge in [0.1, 0.15) is 6.61 Å². The fourth-order valence-electron chi connectivity index (χ4n) is 3.32. The molecule has 1 aromatic heterocycles. The van der Waals surface area contributed by atoms with Crippen molar-refractivity contribution >= 4 is 27.7 Å². The Kier molecular flexibility index (Phi) is 7.67. The second-order valence-electron chi connectivity index (χ2n) is 7.79. The lowest BCUT2D eigenvalue weighted by molar-refractivity contribution is -0.172. The van der Waals surface area contributed by atoms with Gasteiger partial charge >= 0.3 is 12.1 Å². The largest absolute Gasteiger partial charge is 0.486 e. The molecule has 0 unspecified atom stereocenters. The molecule has 0 bridgehead atoms. The van der Waals surface area contributed by atoms with Crippen LogP contribution in [0.2, 0.25) is 0 Å². The summed E-state index contributed by atoms with van der Waals surface area (Å²) in [5.41, 5.74) is 0.755. The Morgan fingerprint density at radius 2 is 1.86 bits per heavy atom. The van der Waals surface area contributed by atoms with E-state index in [4.69, 9.17) is 9.94 Å². The van der Waals surface area contributed by atoms with Gasteiger partial charge < -0.3 is 19.7 Å². The van der Waals surface area contributed by atoms with Crippen molar-refractivity contribution in [3.8, 4) is 5.75 Å². The summed E-state index contributed by atoms with van der Waals surface area (Å²) >= 11 is 0. The number of carbonyl (C=O) groups is 1. The summed E-state index contributed by atoms with van der Waals surface area (Å²) in [6.07, 6.45) is -1.05. The number of carbonyl (C=O) groups excluding carboxylic acids is 1. The van der Waals surface area contributed by atoms with Crippen LogP contribution in [0.15, 0.2) is 46.7 Å². The van der Waals surface area contributed by atoms with Crippen LogP contribution in [0.5, 0.6) is 5.75 Å². The highest BCUT2D eigenvalue weighted by Gasteiger charge is 2.40. The molecular formula is C20H23F3N6O5S. The number of aromatic nitrogens is 2. The van der Waals surface area contributed by atoms with Crippen molar-refractivity contribution in [2.24, 2.45) is 5.16 Å². The van der Waals surface area contributed by atoms with Crippen LogP contribution in [0.1, 0.15) is 12.5 Å². The van der Waals surface area contributed by atoms with Crippen LogP contribution < -0.4 is 15.0 Å². The van der Waals surface area contributed by atoms with Crippen molar-refractivity contribution in [2.45, 2.75) is 30.6 Å². The quantitative estimate of drug-likeness (QED) is 0.261. The van der Waals surface area contributed by atoms with Gasteiger partial charge in [-0.25, -0.2) is 18.4 Å². The van der Waals surface area contributed by atoms with Crippen molar-refractivity contribution < 1.29 is 36.3 Å². The van der Waals surface area contributed by atoms with Gasteiger partial charge in [0.15, 0.2) is 15.6 Å². The molecule has 0 spiro atoms. The third-order valence-electron chi connectivity index (χ3n) is 5.13. The molecule has 2 aromatic rings. The van der Waals surface area contributed by atoms with E-state index < -0.39 is 27.9 Å². The Morgan fingerprint density at radius 1 is 1.23 bits per heavy atom. The minimum Gasteiger partial charge on any atom is -0.486 e. The lowest BCUT2D eigenvalue weighted by Crippen LogP contribution is -2.58. The Balaban J connectivity index is 1.56. The van der Waals surface area contributed by atoms with Crippen molar-refractivity contribution in [2.75, 3.05) is 30.8 Å². The molecule has 1 aromatic carbocycles. The molecule has 190 valence electrons. The molecule has 1 aliphatic heterocycles. The zero-order chi connectivity index (χ0) is 25.8. The molecule has 0 aliphatic carbocycles. The summed E-state index contributed by atoms with van der Waals surface area (Å²) in [6, 6.07) is 6.00. The molecule has 2 N–H and O–H groups in total. The smallest absolute Gasteiger partial charge is 0.471 e. The maximum Gasteiger partial charge on any atom is 0.471 e. The Hall–Kier alpha value is -3.62. The lowest BCUT2D eigenvalue weighted by Gasteiger charge is -2.40. The number of hydrogen-bond donors (Lipinski definition) is 2. The second kappa shape index (κ2) is 10.3. The topological polar surface area (TPSA) is 137 Å². The van der Waals surface area contributed by atoms with Crippen molar-refractivity contribution in [1.29, 1.82) is 0 Å². The Labute approximate surface area is 199 Å². The van der Waals surface area contributed by atoms with E-state index in [1.807, 2.05) is 4.90 Å². The summed E-state index contributed by atoms with van der Waals surface area (Å²) in [7, 11) is -3.28. The summed E-state index contributed by atoms with van der Waals surface area (Å²) in [5.74, 6) is -2.07. The number of nitrogens with one attached hydrogen (secondary N) is 1. The highest BCUT2D eigenvalue weighted by molar-refractivity contribution is 7.90. The molecule has 1 fully saturated rings. The fourth-order valence-corrected chi connectivity index (χ4v) is 3.95. The van der Waals surface area contributed by atoms with Crippen LogP contribution in [0.3, 0.4) is 0 Å². The predicted octanol–water partition coefficient (Wildman–Crippen LogP) is 1.39. The summed E-state index contributed by atoms with van der Waals surface area (Å²) < 4.78 is 66.2. The average molecular weight is 517 g/mol. The summed E-state index contributed by atoms with van der Waals surface area (Å²) in [6.45, 7) is 2.53. The van der Waals surface area contributed by atoms with Crippen LogP contribution in [0.25, 0.3) is 0 Å². The van der Waals surface area contributed by atoms with E-state index in [2.05, 4.69) is 15.1 Å². The van der Waals surface area contributed by atoms with Gasteiger partial charge in [0.05, 0.1) is 17.3 Å². The first-order chi connectivity index (χ1) is 16.4. The Morgan fingerprint density at radius 3 is 2.37 bits per heavy atom. The van der Waals surface area contributed by atoms with Gasteiger partial charge in [-0.05, 0) is 24.6 Å². The van der Waals surface area contributed by atoms with E-state index in [0.29, 0.717) is 11.7 Å². The normalized spacial score (nSPS) is 17.3. The van der Waals surface area contributed by atoms with Crippen LogP contribution >= 0.6 is 0 Å². The number of guanidine groups is 1. The average Bonchev–Trinajstić information content (AvgIpc) is 2.80. The molecular weight excluding hydrogens is 493 g/mol. The molecule has 1 aliphatic rings. The number of sulfone groups is 1. The number of piperazine rings is 1. The van der Waals surface area contributed by atoms with Gasteiger partial charge in [0, 0.05) is 31.9 Å². The van der Waals surface area contributed by atoms with E-state index >= 15 is 0 Å². The number of halogens is 3. The molecule has 1 amide bonds. The number of hydrogen-bond acceptors (Lipinski definition) is 9. The van der Waals surface area contributed by atoms with E-state index in [0.717, 1.165) is 11.8 Å². The summed E-state index contributed by atoms with van der Waals surface area (Å²) in [4.78, 5) is 23.0. The maximum absolute atomic E-state index is 12.5. The number of ether oxygens (including phenoxy) is 1. The van der Waals surface area contributed by atoms with Crippen molar-refractivity contribution in [3.05, 3.63) is 42.2 Å². The molecule has 2 heterocycles. The highest BCUT2D eigenvalue weighted by atomic mass is 32.2. The van der Waals surface area contributed by atoms with E-state index in [1.54, 1.807) is 24.4 Å². The van der Waals surface area contributed by atoms with Crippen LogP contribution in [-0.2, 0) is 21.2 Å². The van der Waals surface area contributed by atoms with Gasteiger partial charge in [-0.15, -0.1) is 0 Å². The fraction of sp³-hybridized carbons (Fsp3) is 0.400. The highest BCUT2D eigenvalue weighted by Crippen LogP contribution is 2.20. The number of rotatable bonds is 5. The summed E-state index contributed by atoms with van der Waals surface area (Å²) in [5, 5.41) is 13.4. The van der Waals surface area contributed by atoms with Crippen LogP contribution in [0, 0.1) is 0 Å². The van der Waals surface area contributed by atoms with E-state index in [-0.39, 0.29) is 37.2 Å². The molecule has 15 heteroatoms. The first-order valence-electron chi connectivity index (χ1n) is 10.2. The van der Waals surface area contributed by atoms with Crippen LogP contribution in [0.4, 0.5) is 19.1 Å². The first-order valence-corrected chi connectivity index (χ1v) is 12.1. The second-order valence-corrected chi connectivity index (χ2v) is 9.80. The van der Waals surface area contributed by atoms with Gasteiger partial charge in [-0.1, -0.05) is 17.3 Å². The van der Waals surface area contributed by atoms with Crippen molar-refractivity contribution in [1.82, 2.24) is 20.2 Å². The Bertz CT molecular complexity index is 1170. The molecule has 11 nitrogen and oxygen atoms in total. The minimum atomic E-state index is -5.11. The van der Waals surface area contributed by atoms with E-state index in [1.165, 1.54) is 29.4 Å². The van der Waals surface area contributed by atoms with E-state index in [9.17, 15) is 26.4 Å². The molecule has 35 heavy (non-hydrogen) atoms. The lowest BCUT2D eigenvalue weighted by atomic mass is 10.2. The number of alkyl halides is 3. The standard InChI is InChI=1S/C20H23F3N6O5S/c1-13-11-28(19(27-31)26-17(30)20(21,22)23)7-8-29(13)18-24-9-15(10-25-18)34-12-14-3-5-16(6-4-14)35(2,32)33/h3-6,9-10,13,31H,7-8,11-12H2,1-2H3,(H,26,27,30)/t13-/m1/s1.